The van der Waals surface area contributed by atoms with Crippen LogP contribution in [0.5, 0.6) is 0 Å². The van der Waals surface area contributed by atoms with E-state index in [0.717, 1.165) is 11.2 Å². The highest BCUT2D eigenvalue weighted by Gasteiger charge is 2.01. The van der Waals surface area contributed by atoms with E-state index in [1.807, 2.05) is 17.5 Å². The number of carbonyl (C=O) groups excluding carboxylic acids is 1. The zero-order valence-electron chi connectivity index (χ0n) is 6.00. The highest BCUT2D eigenvalue weighted by Crippen LogP contribution is 2.25. The molecule has 0 saturated heterocycles. The lowest BCUT2D eigenvalue weighted by molar-refractivity contribution is -0.104. The molecule has 0 unspecified atom stereocenters. The van der Waals surface area contributed by atoms with Crippen LogP contribution in [0.25, 0.3) is 5.03 Å². The molecule has 1 aromatic rings. The van der Waals surface area contributed by atoms with Crippen LogP contribution in [0.2, 0.25) is 0 Å². The van der Waals surface area contributed by atoms with Gasteiger partial charge in [-0.05, 0) is 18.4 Å². The number of halogens is 1. The molecule has 0 spiro atoms. The van der Waals surface area contributed by atoms with Gasteiger partial charge in [-0.25, -0.2) is 0 Å². The summed E-state index contributed by atoms with van der Waals surface area (Å²) in [5.74, 6) is 0. The lowest BCUT2D eigenvalue weighted by Crippen LogP contribution is -1.79. The highest BCUT2D eigenvalue weighted by atomic mass is 35.5. The molecule has 1 heterocycles. The Balaban J connectivity index is 3.02. The summed E-state index contributed by atoms with van der Waals surface area (Å²) in [7, 11) is 0. The van der Waals surface area contributed by atoms with Gasteiger partial charge < -0.3 is 0 Å². The largest absolute Gasteiger partial charge is 0.298 e. The minimum absolute atomic E-state index is 0.551. The Hall–Kier alpha value is -0.600. The van der Waals surface area contributed by atoms with E-state index in [1.54, 1.807) is 6.92 Å². The fraction of sp³-hybridized carbons (Fsp3) is 0.125. The van der Waals surface area contributed by atoms with E-state index in [9.17, 15) is 4.79 Å². The topological polar surface area (TPSA) is 17.1 Å². The minimum Gasteiger partial charge on any atom is -0.298 e. The van der Waals surface area contributed by atoms with Crippen molar-refractivity contribution in [2.24, 2.45) is 0 Å². The van der Waals surface area contributed by atoms with Crippen molar-refractivity contribution in [1.29, 1.82) is 0 Å². The fourth-order valence-corrected chi connectivity index (χ4v) is 1.62. The van der Waals surface area contributed by atoms with Crippen LogP contribution in [-0.2, 0) is 4.79 Å². The summed E-state index contributed by atoms with van der Waals surface area (Å²) in [6.45, 7) is 1.70. The molecule has 0 aliphatic carbocycles. The Morgan fingerprint density at radius 1 is 1.73 bits per heavy atom. The molecule has 0 aliphatic heterocycles. The molecule has 3 heteroatoms. The van der Waals surface area contributed by atoms with Crippen LogP contribution < -0.4 is 0 Å². The van der Waals surface area contributed by atoms with Crippen LogP contribution >= 0.6 is 22.9 Å². The van der Waals surface area contributed by atoms with Crippen LogP contribution in [0.1, 0.15) is 11.8 Å². The molecule has 0 saturated carbocycles. The van der Waals surface area contributed by atoms with E-state index >= 15 is 0 Å². The molecule has 11 heavy (non-hydrogen) atoms. The van der Waals surface area contributed by atoms with E-state index in [-0.39, 0.29) is 0 Å². The second kappa shape index (κ2) is 3.69. The van der Waals surface area contributed by atoms with Crippen LogP contribution in [0.3, 0.4) is 0 Å². The third kappa shape index (κ3) is 1.91. The molecule has 0 radical (unpaired) electrons. The van der Waals surface area contributed by atoms with Crippen molar-refractivity contribution in [3.63, 3.8) is 0 Å². The molecule has 0 atom stereocenters. The summed E-state index contributed by atoms with van der Waals surface area (Å²) in [5, 5.41) is 2.48. The Kier molecular flexibility index (Phi) is 2.85. The lowest BCUT2D eigenvalue weighted by Gasteiger charge is -1.93. The predicted octanol–water partition coefficient (Wildman–Crippen LogP) is 2.92. The summed E-state index contributed by atoms with van der Waals surface area (Å²) in [5.41, 5.74) is 0.578. The van der Waals surface area contributed by atoms with Crippen LogP contribution in [-0.4, -0.2) is 6.29 Å². The normalized spacial score (nSPS) is 12.5. The van der Waals surface area contributed by atoms with Crippen molar-refractivity contribution in [1.82, 2.24) is 0 Å². The SMILES string of the molecule is C/C(C=O)=C(\Cl)c1cccs1. The van der Waals surface area contributed by atoms with Crippen molar-refractivity contribution >= 4 is 34.3 Å². The zero-order chi connectivity index (χ0) is 8.27. The second-order valence-electron chi connectivity index (χ2n) is 2.09. The predicted molar refractivity (Wildman–Crippen MR) is 48.8 cm³/mol. The zero-order valence-corrected chi connectivity index (χ0v) is 7.58. The van der Waals surface area contributed by atoms with E-state index in [0.29, 0.717) is 10.6 Å². The number of allylic oxidation sites excluding steroid dienone is 1. The molecule has 1 aromatic heterocycles. The van der Waals surface area contributed by atoms with Gasteiger partial charge >= 0.3 is 0 Å². The van der Waals surface area contributed by atoms with E-state index in [1.165, 1.54) is 11.3 Å². The first-order chi connectivity index (χ1) is 5.25. The van der Waals surface area contributed by atoms with Gasteiger partial charge in [0, 0.05) is 10.5 Å². The Morgan fingerprint density at radius 3 is 2.91 bits per heavy atom. The highest BCUT2D eigenvalue weighted by molar-refractivity contribution is 7.12. The molecule has 0 aliphatic rings. The first-order valence-corrected chi connectivity index (χ1v) is 4.37. The first kappa shape index (κ1) is 8.50. The molecule has 0 aromatic carbocycles. The molecule has 0 bridgehead atoms. The van der Waals surface area contributed by atoms with Gasteiger partial charge in [-0.15, -0.1) is 11.3 Å². The van der Waals surface area contributed by atoms with Gasteiger partial charge in [0.2, 0.25) is 0 Å². The maximum absolute atomic E-state index is 10.3. The third-order valence-electron chi connectivity index (χ3n) is 1.26. The van der Waals surface area contributed by atoms with Crippen molar-refractivity contribution in [3.8, 4) is 0 Å². The molecular formula is C8H7ClOS. The van der Waals surface area contributed by atoms with Crippen LogP contribution in [0, 0.1) is 0 Å². The smallest absolute Gasteiger partial charge is 0.147 e. The number of hydrogen-bond acceptors (Lipinski definition) is 2. The molecule has 58 valence electrons. The second-order valence-corrected chi connectivity index (χ2v) is 3.42. The Labute approximate surface area is 74.3 Å². The van der Waals surface area contributed by atoms with Crippen molar-refractivity contribution < 1.29 is 4.79 Å². The molecular weight excluding hydrogens is 180 g/mol. The molecule has 1 nitrogen and oxygen atoms in total. The first-order valence-electron chi connectivity index (χ1n) is 3.11. The van der Waals surface area contributed by atoms with Crippen LogP contribution in [0.4, 0.5) is 0 Å². The van der Waals surface area contributed by atoms with Crippen LogP contribution in [0.15, 0.2) is 23.1 Å². The number of aldehydes is 1. The van der Waals surface area contributed by atoms with Gasteiger partial charge in [0.15, 0.2) is 0 Å². The maximum Gasteiger partial charge on any atom is 0.147 e. The van der Waals surface area contributed by atoms with Gasteiger partial charge in [0.1, 0.15) is 6.29 Å². The molecule has 0 N–H and O–H groups in total. The number of carbonyl (C=O) groups is 1. The Morgan fingerprint density at radius 2 is 2.45 bits per heavy atom. The standard InChI is InChI=1S/C8H7ClOS/c1-6(5-10)8(9)7-3-2-4-11-7/h2-5H,1H3/b8-6+. The van der Waals surface area contributed by atoms with E-state index in [2.05, 4.69) is 0 Å². The van der Waals surface area contributed by atoms with Crippen molar-refractivity contribution in [2.45, 2.75) is 6.92 Å². The lowest BCUT2D eigenvalue weighted by atomic mass is 10.3. The van der Waals surface area contributed by atoms with Gasteiger partial charge in [0.05, 0.1) is 5.03 Å². The summed E-state index contributed by atoms with van der Waals surface area (Å²) < 4.78 is 0. The van der Waals surface area contributed by atoms with Crippen molar-refractivity contribution in [3.05, 3.63) is 28.0 Å². The quantitative estimate of drug-likeness (QED) is 0.513. The van der Waals surface area contributed by atoms with E-state index < -0.39 is 0 Å². The van der Waals surface area contributed by atoms with E-state index in [4.69, 9.17) is 11.6 Å². The monoisotopic (exact) mass is 186 g/mol. The van der Waals surface area contributed by atoms with Gasteiger partial charge in [-0.3, -0.25) is 4.79 Å². The number of rotatable bonds is 2. The average Bonchev–Trinajstić information content (AvgIpc) is 2.53. The van der Waals surface area contributed by atoms with Gasteiger partial charge in [-0.1, -0.05) is 17.7 Å². The number of hydrogen-bond donors (Lipinski definition) is 0. The minimum atomic E-state index is 0.551. The molecule has 0 amide bonds. The summed E-state index contributed by atoms with van der Waals surface area (Å²) in [4.78, 5) is 11.2. The van der Waals surface area contributed by atoms with Gasteiger partial charge in [0.25, 0.3) is 0 Å². The number of thiophene rings is 1. The fourth-order valence-electron chi connectivity index (χ4n) is 0.650. The maximum atomic E-state index is 10.3. The summed E-state index contributed by atoms with van der Waals surface area (Å²) >= 11 is 7.38. The van der Waals surface area contributed by atoms with Gasteiger partial charge in [-0.2, -0.15) is 0 Å². The average molecular weight is 187 g/mol. The third-order valence-corrected chi connectivity index (χ3v) is 2.76. The summed E-state index contributed by atoms with van der Waals surface area (Å²) in [6, 6.07) is 3.79. The molecule has 1 rings (SSSR count). The van der Waals surface area contributed by atoms with Crippen molar-refractivity contribution in [2.75, 3.05) is 0 Å². The summed E-state index contributed by atoms with van der Waals surface area (Å²) in [6.07, 6.45) is 0.766. The Bertz CT molecular complexity index is 274. The molecule has 0 fully saturated rings.